The van der Waals surface area contributed by atoms with Crippen LogP contribution in [0.3, 0.4) is 0 Å². The molecular weight excluding hydrogens is 464 g/mol. The fraction of sp³-hybridized carbons (Fsp3) is 0.391. The molecule has 10 nitrogen and oxygen atoms in total. The second-order valence-electron chi connectivity index (χ2n) is 7.69. The Bertz CT molecular complexity index is 1060. The summed E-state index contributed by atoms with van der Waals surface area (Å²) >= 11 is 0. The predicted molar refractivity (Wildman–Crippen MR) is 123 cm³/mol. The zero-order chi connectivity index (χ0) is 24.7. The van der Waals surface area contributed by atoms with Crippen molar-refractivity contribution in [1.29, 1.82) is 0 Å². The Kier molecular flexibility index (Phi) is 8.75. The fourth-order valence-electron chi connectivity index (χ4n) is 3.75. The number of methoxy groups -OCH3 is 2. The van der Waals surface area contributed by atoms with Gasteiger partial charge in [0.1, 0.15) is 24.4 Å². The fourth-order valence-corrected chi connectivity index (χ4v) is 4.37. The van der Waals surface area contributed by atoms with E-state index in [9.17, 15) is 18.0 Å². The van der Waals surface area contributed by atoms with Crippen molar-refractivity contribution in [1.82, 2.24) is 10.6 Å². The van der Waals surface area contributed by atoms with E-state index in [0.717, 1.165) is 6.26 Å². The van der Waals surface area contributed by atoms with Crippen LogP contribution in [-0.4, -0.2) is 77.9 Å². The van der Waals surface area contributed by atoms with Gasteiger partial charge in [0.2, 0.25) is 0 Å². The van der Waals surface area contributed by atoms with E-state index in [4.69, 9.17) is 18.4 Å². The van der Waals surface area contributed by atoms with E-state index >= 15 is 0 Å². The van der Waals surface area contributed by atoms with Crippen molar-refractivity contribution in [2.45, 2.75) is 30.6 Å². The molecule has 0 saturated carbocycles. The minimum absolute atomic E-state index is 0.193. The molecule has 0 spiro atoms. The number of rotatable bonds is 10. The van der Waals surface area contributed by atoms with Crippen LogP contribution >= 0.6 is 0 Å². The van der Waals surface area contributed by atoms with Crippen LogP contribution in [0.1, 0.15) is 20.7 Å². The van der Waals surface area contributed by atoms with E-state index < -0.39 is 46.7 Å². The van der Waals surface area contributed by atoms with Crippen LogP contribution in [0.2, 0.25) is 0 Å². The van der Waals surface area contributed by atoms with Crippen molar-refractivity contribution in [2.75, 3.05) is 27.0 Å². The van der Waals surface area contributed by atoms with Crippen molar-refractivity contribution in [2.24, 2.45) is 0 Å². The normalized spacial score (nSPS) is 23.3. The van der Waals surface area contributed by atoms with E-state index in [1.807, 2.05) is 0 Å². The largest absolute Gasteiger partial charge is 0.376 e. The Morgan fingerprint density at radius 2 is 1.50 bits per heavy atom. The molecule has 2 aromatic carbocycles. The lowest BCUT2D eigenvalue weighted by Gasteiger charge is -2.27. The molecule has 1 saturated heterocycles. The molecule has 0 bridgehead atoms. The third-order valence-corrected chi connectivity index (χ3v) is 5.86. The summed E-state index contributed by atoms with van der Waals surface area (Å²) in [5.74, 6) is -0.788. The van der Waals surface area contributed by atoms with Crippen LogP contribution in [0.4, 0.5) is 0 Å². The highest BCUT2D eigenvalue weighted by Gasteiger charge is 2.50. The summed E-state index contributed by atoms with van der Waals surface area (Å²) in [5, 5.41) is 5.49. The van der Waals surface area contributed by atoms with Gasteiger partial charge in [-0.05, 0) is 24.3 Å². The Balaban J connectivity index is 1.79. The molecule has 1 heterocycles. The van der Waals surface area contributed by atoms with Crippen LogP contribution in [0.15, 0.2) is 60.7 Å². The van der Waals surface area contributed by atoms with E-state index in [1.165, 1.54) is 14.2 Å². The van der Waals surface area contributed by atoms with Gasteiger partial charge in [0, 0.05) is 31.9 Å². The molecule has 184 valence electrons. The molecule has 34 heavy (non-hydrogen) atoms. The molecule has 0 aliphatic carbocycles. The maximum atomic E-state index is 12.7. The number of ether oxygens (including phenoxy) is 3. The van der Waals surface area contributed by atoms with Gasteiger partial charge >= 0.3 is 0 Å². The standard InChI is InChI=1S/C23H28N2O8S/c1-30-20-18(25-22(27)16-12-8-5-9-13-16)23(31-2)32-19(20)17(33-34(3,28)29)14-24-21(26)15-10-6-4-7-11-15/h4-13,17-20,23H,14H2,1-3H3,(H,24,26)(H,25,27)/t17-,18-,19-,20-,23-/m1/s1. The molecule has 5 atom stereocenters. The summed E-state index contributed by atoms with van der Waals surface area (Å²) in [7, 11) is -1.13. The zero-order valence-corrected chi connectivity index (χ0v) is 19.9. The molecule has 2 N–H and O–H groups in total. The molecular formula is C23H28N2O8S. The van der Waals surface area contributed by atoms with Crippen molar-refractivity contribution in [3.63, 3.8) is 0 Å². The minimum Gasteiger partial charge on any atom is -0.376 e. The first-order chi connectivity index (χ1) is 16.2. The molecule has 2 amide bonds. The highest BCUT2D eigenvalue weighted by molar-refractivity contribution is 7.86. The van der Waals surface area contributed by atoms with Crippen LogP contribution in [0.5, 0.6) is 0 Å². The lowest BCUT2D eigenvalue weighted by atomic mass is 10.0. The van der Waals surface area contributed by atoms with Gasteiger partial charge in [-0.1, -0.05) is 36.4 Å². The number of benzene rings is 2. The quantitative estimate of drug-likeness (QED) is 0.469. The third kappa shape index (κ3) is 6.61. The zero-order valence-electron chi connectivity index (χ0n) is 19.0. The minimum atomic E-state index is -3.93. The van der Waals surface area contributed by atoms with Crippen molar-refractivity contribution < 1.29 is 36.4 Å². The number of carbonyl (C=O) groups is 2. The Morgan fingerprint density at radius 1 is 0.941 bits per heavy atom. The topological polar surface area (TPSA) is 129 Å². The van der Waals surface area contributed by atoms with Gasteiger partial charge in [-0.15, -0.1) is 0 Å². The second-order valence-corrected chi connectivity index (χ2v) is 9.29. The van der Waals surface area contributed by atoms with Crippen molar-refractivity contribution >= 4 is 21.9 Å². The van der Waals surface area contributed by atoms with Crippen molar-refractivity contribution in [3.8, 4) is 0 Å². The van der Waals surface area contributed by atoms with Crippen LogP contribution in [0, 0.1) is 0 Å². The van der Waals surface area contributed by atoms with E-state index in [-0.39, 0.29) is 12.5 Å². The van der Waals surface area contributed by atoms with Gasteiger partial charge in [-0.3, -0.25) is 13.8 Å². The Hall–Kier alpha value is -2.83. The first-order valence-electron chi connectivity index (χ1n) is 10.5. The number of carbonyl (C=O) groups excluding carboxylic acids is 2. The highest BCUT2D eigenvalue weighted by Crippen LogP contribution is 2.28. The molecule has 1 aliphatic heterocycles. The van der Waals surface area contributed by atoms with E-state index in [1.54, 1.807) is 60.7 Å². The molecule has 0 aromatic heterocycles. The monoisotopic (exact) mass is 492 g/mol. The summed E-state index contributed by atoms with van der Waals surface area (Å²) in [5.41, 5.74) is 0.828. The molecule has 1 fully saturated rings. The maximum absolute atomic E-state index is 12.7. The summed E-state index contributed by atoms with van der Waals surface area (Å²) in [6.45, 7) is -0.193. The lowest BCUT2D eigenvalue weighted by Crippen LogP contribution is -2.52. The first-order valence-corrected chi connectivity index (χ1v) is 12.3. The van der Waals surface area contributed by atoms with E-state index in [2.05, 4.69) is 10.6 Å². The summed E-state index contributed by atoms with van der Waals surface area (Å²) < 4.78 is 46.1. The lowest BCUT2D eigenvalue weighted by molar-refractivity contribution is -0.144. The molecule has 3 rings (SSSR count). The van der Waals surface area contributed by atoms with Crippen LogP contribution in [-0.2, 0) is 28.5 Å². The van der Waals surface area contributed by atoms with Gasteiger partial charge in [0.05, 0.1) is 6.26 Å². The maximum Gasteiger partial charge on any atom is 0.264 e. The van der Waals surface area contributed by atoms with Crippen LogP contribution in [0.25, 0.3) is 0 Å². The van der Waals surface area contributed by atoms with Gasteiger partial charge in [-0.25, -0.2) is 0 Å². The molecule has 11 heteroatoms. The summed E-state index contributed by atoms with van der Waals surface area (Å²) in [6.07, 6.45) is -3.01. The average Bonchev–Trinajstić information content (AvgIpc) is 3.19. The summed E-state index contributed by atoms with van der Waals surface area (Å²) in [4.78, 5) is 25.2. The van der Waals surface area contributed by atoms with Gasteiger partial charge in [0.15, 0.2) is 6.29 Å². The predicted octanol–water partition coefficient (Wildman–Crippen LogP) is 0.946. The first kappa shape index (κ1) is 25.8. The number of hydrogen-bond donors (Lipinski definition) is 2. The smallest absolute Gasteiger partial charge is 0.264 e. The number of amides is 2. The number of nitrogens with one attached hydrogen (secondary N) is 2. The molecule has 1 aliphatic rings. The Morgan fingerprint density at radius 3 is 2.00 bits per heavy atom. The molecule has 0 unspecified atom stereocenters. The van der Waals surface area contributed by atoms with Crippen LogP contribution < -0.4 is 10.6 Å². The second kappa shape index (κ2) is 11.5. The van der Waals surface area contributed by atoms with Crippen molar-refractivity contribution in [3.05, 3.63) is 71.8 Å². The molecule has 2 aromatic rings. The SMILES string of the molecule is CO[C@@H]1O[C@H]([C@@H](CNC(=O)c2ccccc2)OS(C)(=O)=O)[C@H](OC)[C@H]1NC(=O)c1ccccc1. The van der Waals surface area contributed by atoms with Gasteiger partial charge < -0.3 is 24.8 Å². The van der Waals surface area contributed by atoms with Gasteiger partial charge in [0.25, 0.3) is 21.9 Å². The molecule has 0 radical (unpaired) electrons. The number of hydrogen-bond acceptors (Lipinski definition) is 8. The van der Waals surface area contributed by atoms with Gasteiger partial charge in [-0.2, -0.15) is 8.42 Å². The summed E-state index contributed by atoms with van der Waals surface area (Å²) in [6, 6.07) is 16.2. The average molecular weight is 493 g/mol. The highest BCUT2D eigenvalue weighted by atomic mass is 32.2. The van der Waals surface area contributed by atoms with E-state index in [0.29, 0.717) is 11.1 Å². The third-order valence-electron chi connectivity index (χ3n) is 5.27. The Labute approximate surface area is 198 Å².